The molecule has 1 aliphatic rings. The number of carbonyl (C=O) groups excluding carboxylic acids is 1. The van der Waals surface area contributed by atoms with Crippen molar-refractivity contribution in [2.24, 2.45) is 5.41 Å². The summed E-state index contributed by atoms with van der Waals surface area (Å²) < 4.78 is 21.4. The average molecular weight is 545 g/mol. The lowest BCUT2D eigenvalue weighted by atomic mass is 9.77. The Morgan fingerprint density at radius 3 is 2.26 bits per heavy atom. The molecule has 8 heteroatoms. The minimum atomic E-state index is -1.13. The van der Waals surface area contributed by atoms with Crippen molar-refractivity contribution in [3.63, 3.8) is 0 Å². The molecule has 0 radical (unpaired) electrons. The maximum atomic E-state index is 11.5. The van der Waals surface area contributed by atoms with E-state index in [9.17, 15) is 20.1 Å². The molecule has 2 unspecified atom stereocenters. The molecule has 0 aromatic heterocycles. The van der Waals surface area contributed by atoms with E-state index in [-0.39, 0.29) is 37.4 Å². The summed E-state index contributed by atoms with van der Waals surface area (Å²) in [6.45, 7) is 20.0. The molecule has 8 nitrogen and oxygen atoms in total. The molecule has 3 atom stereocenters. The predicted molar refractivity (Wildman–Crippen MR) is 152 cm³/mol. The fourth-order valence-electron chi connectivity index (χ4n) is 3.08. The minimum absolute atomic E-state index is 0.000927. The third kappa shape index (κ3) is 12.5. The summed E-state index contributed by atoms with van der Waals surface area (Å²) in [5, 5.41) is 29.7. The SMILES string of the molecule is C=C/C(=C\C=C(/C)C(C)(C)C1=CC=C(OCC(O)COC(=O)C(=C)C)CC=C1)OCC(O)CO[C@@H](O)C(=C)C. The van der Waals surface area contributed by atoms with E-state index in [0.717, 1.165) is 11.1 Å². The summed E-state index contributed by atoms with van der Waals surface area (Å²) in [6, 6.07) is 0. The number of carbonyl (C=O) groups is 1. The molecule has 0 fully saturated rings. The van der Waals surface area contributed by atoms with E-state index in [2.05, 4.69) is 33.6 Å². The van der Waals surface area contributed by atoms with Crippen LogP contribution in [0.1, 0.15) is 41.0 Å². The number of ether oxygens (including phenoxy) is 4. The highest BCUT2D eigenvalue weighted by atomic mass is 16.6. The van der Waals surface area contributed by atoms with Gasteiger partial charge >= 0.3 is 5.97 Å². The van der Waals surface area contributed by atoms with Gasteiger partial charge in [-0.25, -0.2) is 4.79 Å². The fraction of sp³-hybridized carbons (Fsp3) is 0.452. The Bertz CT molecular complexity index is 1030. The van der Waals surface area contributed by atoms with Crippen LogP contribution in [0.4, 0.5) is 0 Å². The monoisotopic (exact) mass is 544 g/mol. The van der Waals surface area contributed by atoms with Crippen molar-refractivity contribution in [2.45, 2.75) is 59.5 Å². The van der Waals surface area contributed by atoms with Gasteiger partial charge in [-0.2, -0.15) is 0 Å². The summed E-state index contributed by atoms with van der Waals surface area (Å²) in [5.41, 5.74) is 2.52. The number of aliphatic hydroxyl groups is 3. The molecule has 0 aliphatic heterocycles. The molecule has 0 aromatic rings. The molecule has 0 saturated carbocycles. The van der Waals surface area contributed by atoms with Crippen LogP contribution in [0.2, 0.25) is 0 Å². The minimum Gasteiger partial charge on any atom is -0.495 e. The lowest BCUT2D eigenvalue weighted by molar-refractivity contribution is -0.142. The van der Waals surface area contributed by atoms with Crippen molar-refractivity contribution < 1.29 is 39.1 Å². The van der Waals surface area contributed by atoms with Gasteiger partial charge in [-0.1, -0.05) is 63.5 Å². The molecule has 0 saturated heterocycles. The zero-order chi connectivity index (χ0) is 29.6. The molecular formula is C31H44O8. The maximum Gasteiger partial charge on any atom is 0.333 e. The molecule has 1 rings (SSSR count). The number of allylic oxidation sites excluding steroid dienone is 9. The molecule has 216 valence electrons. The van der Waals surface area contributed by atoms with Gasteiger partial charge in [0.2, 0.25) is 0 Å². The van der Waals surface area contributed by atoms with Crippen molar-refractivity contribution in [3.05, 3.63) is 96.1 Å². The van der Waals surface area contributed by atoms with E-state index >= 15 is 0 Å². The zero-order valence-corrected chi connectivity index (χ0v) is 23.8. The lowest BCUT2D eigenvalue weighted by Crippen LogP contribution is -2.25. The first kappa shape index (κ1) is 33.9. The first-order valence-corrected chi connectivity index (χ1v) is 12.8. The van der Waals surface area contributed by atoms with E-state index in [1.165, 1.54) is 0 Å². The number of hydrogen-bond donors (Lipinski definition) is 3. The van der Waals surface area contributed by atoms with E-state index in [0.29, 0.717) is 23.5 Å². The van der Waals surface area contributed by atoms with E-state index in [1.807, 2.05) is 37.3 Å². The van der Waals surface area contributed by atoms with Gasteiger partial charge in [-0.3, -0.25) is 0 Å². The van der Waals surface area contributed by atoms with Crippen LogP contribution >= 0.6 is 0 Å². The normalized spacial score (nSPS) is 16.7. The van der Waals surface area contributed by atoms with Crippen LogP contribution in [-0.2, 0) is 23.7 Å². The maximum absolute atomic E-state index is 11.5. The molecule has 1 aliphatic carbocycles. The second-order valence-electron chi connectivity index (χ2n) is 9.95. The van der Waals surface area contributed by atoms with Crippen LogP contribution in [0.25, 0.3) is 0 Å². The summed E-state index contributed by atoms with van der Waals surface area (Å²) in [6.07, 6.45) is 10.7. The molecule has 39 heavy (non-hydrogen) atoms. The molecule has 0 amide bonds. The van der Waals surface area contributed by atoms with Crippen LogP contribution in [-0.4, -0.2) is 66.2 Å². The molecular weight excluding hydrogens is 500 g/mol. The Kier molecular flexibility index (Phi) is 14.5. The highest BCUT2D eigenvalue weighted by molar-refractivity contribution is 5.86. The Morgan fingerprint density at radius 2 is 1.64 bits per heavy atom. The summed E-state index contributed by atoms with van der Waals surface area (Å²) in [7, 11) is 0. The van der Waals surface area contributed by atoms with Crippen LogP contribution < -0.4 is 0 Å². The highest BCUT2D eigenvalue weighted by Gasteiger charge is 2.24. The second-order valence-corrected chi connectivity index (χ2v) is 9.95. The van der Waals surface area contributed by atoms with Gasteiger partial charge in [0.05, 0.1) is 12.4 Å². The van der Waals surface area contributed by atoms with Crippen LogP contribution in [0.3, 0.4) is 0 Å². The number of aliphatic hydroxyl groups excluding tert-OH is 3. The number of esters is 1. The zero-order valence-electron chi connectivity index (χ0n) is 23.8. The van der Waals surface area contributed by atoms with E-state index < -0.39 is 24.5 Å². The summed E-state index contributed by atoms with van der Waals surface area (Å²) in [5.74, 6) is 0.621. The number of rotatable bonds is 17. The van der Waals surface area contributed by atoms with Gasteiger partial charge in [-0.05, 0) is 50.1 Å². The standard InChI is InChI=1S/C31H44O8/c1-9-27(36-17-25(32)19-38-29(34)21(2)3)15-13-23(6)31(7,8)24-11-10-12-28(16-14-24)37-18-26(33)20-39-30(35)22(4)5/h9-11,13-16,25-26,29,32-34H,1-2,4,12,17-20H2,3,5-8H3/b23-13+,27-15+/t25?,26?,29-/m1/s1. The Labute approximate surface area is 232 Å². The smallest absolute Gasteiger partial charge is 0.333 e. The van der Waals surface area contributed by atoms with Gasteiger partial charge in [0.1, 0.15) is 37.8 Å². The third-order valence-electron chi connectivity index (χ3n) is 6.00. The van der Waals surface area contributed by atoms with Gasteiger partial charge in [0.25, 0.3) is 0 Å². The highest BCUT2D eigenvalue weighted by Crippen LogP contribution is 2.36. The van der Waals surface area contributed by atoms with Crippen molar-refractivity contribution in [1.82, 2.24) is 0 Å². The van der Waals surface area contributed by atoms with E-state index in [4.69, 9.17) is 18.9 Å². The molecule has 0 heterocycles. The molecule has 0 bridgehead atoms. The second kappa shape index (κ2) is 16.7. The summed E-state index contributed by atoms with van der Waals surface area (Å²) >= 11 is 0. The quantitative estimate of drug-likeness (QED) is 0.0609. The lowest BCUT2D eigenvalue weighted by Gasteiger charge is -2.27. The van der Waals surface area contributed by atoms with Gasteiger partial charge in [0.15, 0.2) is 6.29 Å². The van der Waals surface area contributed by atoms with Gasteiger partial charge in [0, 0.05) is 17.4 Å². The Hall–Kier alpha value is -3.17. The van der Waals surface area contributed by atoms with Gasteiger partial charge < -0.3 is 34.3 Å². The first-order chi connectivity index (χ1) is 18.3. The van der Waals surface area contributed by atoms with Crippen LogP contribution in [0.15, 0.2) is 96.1 Å². The Morgan fingerprint density at radius 1 is 1.00 bits per heavy atom. The van der Waals surface area contributed by atoms with Crippen LogP contribution in [0, 0.1) is 5.41 Å². The molecule has 3 N–H and O–H groups in total. The Balaban J connectivity index is 2.76. The van der Waals surface area contributed by atoms with Gasteiger partial charge in [-0.15, -0.1) is 0 Å². The predicted octanol–water partition coefficient (Wildman–Crippen LogP) is 4.58. The number of hydrogen-bond acceptors (Lipinski definition) is 8. The summed E-state index contributed by atoms with van der Waals surface area (Å²) in [4.78, 5) is 11.5. The van der Waals surface area contributed by atoms with Crippen molar-refractivity contribution >= 4 is 5.97 Å². The first-order valence-electron chi connectivity index (χ1n) is 12.8. The topological polar surface area (TPSA) is 115 Å². The van der Waals surface area contributed by atoms with Crippen molar-refractivity contribution in [2.75, 3.05) is 26.4 Å². The van der Waals surface area contributed by atoms with Crippen molar-refractivity contribution in [3.8, 4) is 0 Å². The fourth-order valence-corrected chi connectivity index (χ4v) is 3.08. The molecule has 0 aromatic carbocycles. The largest absolute Gasteiger partial charge is 0.495 e. The average Bonchev–Trinajstić information content (AvgIpc) is 3.15. The third-order valence-corrected chi connectivity index (χ3v) is 6.00. The molecule has 0 spiro atoms. The van der Waals surface area contributed by atoms with E-state index in [1.54, 1.807) is 26.0 Å². The van der Waals surface area contributed by atoms with Crippen molar-refractivity contribution in [1.29, 1.82) is 0 Å². The van der Waals surface area contributed by atoms with Crippen LogP contribution in [0.5, 0.6) is 0 Å².